The number of pyridine rings is 1. The Hall–Kier alpha value is -1.85. The minimum absolute atomic E-state index is 0.875. The molecule has 1 N–H and O–H groups in total. The average Bonchev–Trinajstić information content (AvgIpc) is 3.23. The minimum Gasteiger partial charge on any atom is -0.316 e. The van der Waals surface area contributed by atoms with E-state index in [1.807, 2.05) is 13.0 Å². The molecule has 2 aliphatic rings. The van der Waals surface area contributed by atoms with Crippen molar-refractivity contribution in [2.24, 2.45) is 5.92 Å². The van der Waals surface area contributed by atoms with E-state index in [1.54, 1.807) is 23.1 Å². The van der Waals surface area contributed by atoms with Gasteiger partial charge in [-0.15, -0.1) is 11.3 Å². The normalized spacial score (nSPS) is 15.9. The zero-order valence-electron chi connectivity index (χ0n) is 20.1. The number of fused-ring (bicyclic) bond motifs is 1. The highest BCUT2D eigenvalue weighted by atomic mass is 32.2. The number of nitrogens with one attached hydrogen (secondary N) is 1. The summed E-state index contributed by atoms with van der Waals surface area (Å²) >= 11 is 3.53. The van der Waals surface area contributed by atoms with Crippen LogP contribution >= 0.6 is 23.1 Å². The molecule has 176 valence electrons. The Morgan fingerprint density at radius 3 is 2.48 bits per heavy atom. The number of hydrogen-bond donors (Lipinski definition) is 1. The van der Waals surface area contributed by atoms with Crippen LogP contribution in [0, 0.1) is 12.8 Å². The predicted octanol–water partition coefficient (Wildman–Crippen LogP) is 8.99. The predicted molar refractivity (Wildman–Crippen MR) is 143 cm³/mol. The molecule has 0 atom stereocenters. The fourth-order valence-corrected chi connectivity index (χ4v) is 6.81. The Bertz CT molecular complexity index is 967. The molecule has 2 aromatic heterocycles. The first kappa shape index (κ1) is 24.3. The standard InChI is InChI=1S/C19H19N3S2.C9H18/c1-13-11-15(23-14-7-3-2-4-8-14)12-18(20-13)22-19-21-16-9-5-6-10-17(16)24-19;1-2-6-9-7-4-3-5-8-9/h2-4,7-8,11-12H,5-6,9-10H2,1H3,(H,20,21,22);9H,2-8H2,1H3. The SMILES string of the molecule is CCCC1CCCCC1.Cc1cc(Sc2ccccc2)cc(Nc2nc3c(s2)CCCC3)n1. The van der Waals surface area contributed by atoms with E-state index < -0.39 is 0 Å². The van der Waals surface area contributed by atoms with Gasteiger partial charge >= 0.3 is 0 Å². The summed E-state index contributed by atoms with van der Waals surface area (Å²) in [5.74, 6) is 1.98. The minimum atomic E-state index is 0.875. The van der Waals surface area contributed by atoms with E-state index in [1.165, 1.54) is 84.6 Å². The summed E-state index contributed by atoms with van der Waals surface area (Å²) in [5.41, 5.74) is 2.29. The number of thiazole rings is 1. The maximum atomic E-state index is 4.75. The second kappa shape index (κ2) is 12.6. The van der Waals surface area contributed by atoms with E-state index in [-0.39, 0.29) is 0 Å². The maximum Gasteiger partial charge on any atom is 0.188 e. The van der Waals surface area contributed by atoms with Crippen molar-refractivity contribution in [1.82, 2.24) is 9.97 Å². The number of aryl methyl sites for hydroxylation is 3. The van der Waals surface area contributed by atoms with Gasteiger partial charge in [-0.2, -0.15) is 0 Å². The molecular formula is C28H37N3S2. The van der Waals surface area contributed by atoms with E-state index in [0.717, 1.165) is 29.0 Å². The highest BCUT2D eigenvalue weighted by Crippen LogP contribution is 2.33. The number of rotatable bonds is 6. The summed E-state index contributed by atoms with van der Waals surface area (Å²) in [6.45, 7) is 4.34. The van der Waals surface area contributed by atoms with Crippen LogP contribution in [0.2, 0.25) is 0 Å². The monoisotopic (exact) mass is 479 g/mol. The van der Waals surface area contributed by atoms with Crippen molar-refractivity contribution in [2.45, 2.75) is 94.3 Å². The molecule has 2 aliphatic carbocycles. The molecule has 0 bridgehead atoms. The molecule has 3 nitrogen and oxygen atoms in total. The zero-order valence-corrected chi connectivity index (χ0v) is 21.7. The van der Waals surface area contributed by atoms with Gasteiger partial charge in [-0.1, -0.05) is 81.8 Å². The zero-order chi connectivity index (χ0) is 22.9. The molecule has 3 aromatic rings. The molecule has 0 aliphatic heterocycles. The van der Waals surface area contributed by atoms with Crippen LogP contribution in [0.5, 0.6) is 0 Å². The lowest BCUT2D eigenvalue weighted by molar-refractivity contribution is 0.336. The van der Waals surface area contributed by atoms with Crippen LogP contribution in [0.25, 0.3) is 0 Å². The lowest BCUT2D eigenvalue weighted by Crippen LogP contribution is -2.04. The van der Waals surface area contributed by atoms with Gasteiger partial charge in [0.2, 0.25) is 0 Å². The van der Waals surface area contributed by atoms with Crippen molar-refractivity contribution < 1.29 is 0 Å². The van der Waals surface area contributed by atoms with Crippen LogP contribution < -0.4 is 5.32 Å². The average molecular weight is 480 g/mol. The molecule has 0 unspecified atom stereocenters. The van der Waals surface area contributed by atoms with E-state index in [9.17, 15) is 0 Å². The molecule has 1 saturated carbocycles. The fourth-order valence-electron chi connectivity index (χ4n) is 4.78. The van der Waals surface area contributed by atoms with Gasteiger partial charge in [0, 0.05) is 20.4 Å². The molecule has 0 amide bonds. The van der Waals surface area contributed by atoms with Gasteiger partial charge in [-0.3, -0.25) is 0 Å². The van der Waals surface area contributed by atoms with E-state index in [4.69, 9.17) is 4.98 Å². The first-order chi connectivity index (χ1) is 16.2. The van der Waals surface area contributed by atoms with Crippen molar-refractivity contribution in [3.63, 3.8) is 0 Å². The first-order valence-electron chi connectivity index (χ1n) is 12.7. The van der Waals surface area contributed by atoms with Crippen LogP contribution in [0.4, 0.5) is 10.9 Å². The number of hydrogen-bond acceptors (Lipinski definition) is 5. The Morgan fingerprint density at radius 2 is 1.73 bits per heavy atom. The van der Waals surface area contributed by atoms with E-state index in [2.05, 4.69) is 53.6 Å². The lowest BCUT2D eigenvalue weighted by Gasteiger charge is -2.20. The molecule has 2 heterocycles. The lowest BCUT2D eigenvalue weighted by atomic mass is 9.86. The molecule has 5 rings (SSSR count). The van der Waals surface area contributed by atoms with Crippen LogP contribution in [0.15, 0.2) is 52.3 Å². The summed E-state index contributed by atoms with van der Waals surface area (Å²) in [7, 11) is 0. The highest BCUT2D eigenvalue weighted by Gasteiger charge is 2.15. The second-order valence-electron chi connectivity index (χ2n) is 9.26. The Morgan fingerprint density at radius 1 is 0.939 bits per heavy atom. The van der Waals surface area contributed by atoms with Crippen molar-refractivity contribution in [3.8, 4) is 0 Å². The van der Waals surface area contributed by atoms with Gasteiger partial charge in [0.15, 0.2) is 5.13 Å². The van der Waals surface area contributed by atoms with Crippen molar-refractivity contribution in [3.05, 3.63) is 58.7 Å². The van der Waals surface area contributed by atoms with Crippen LogP contribution in [0.3, 0.4) is 0 Å². The molecule has 5 heteroatoms. The summed E-state index contributed by atoms with van der Waals surface area (Å²) in [6.07, 6.45) is 15.3. The number of nitrogens with zero attached hydrogens (tertiary/aromatic N) is 2. The molecule has 1 fully saturated rings. The first-order valence-corrected chi connectivity index (χ1v) is 14.3. The van der Waals surface area contributed by atoms with Gasteiger partial charge < -0.3 is 5.32 Å². The summed E-state index contributed by atoms with van der Waals surface area (Å²) in [5, 5.41) is 4.38. The van der Waals surface area contributed by atoms with Gasteiger partial charge in [0.1, 0.15) is 5.82 Å². The molecule has 1 aromatic carbocycles. The summed E-state index contributed by atoms with van der Waals surface area (Å²) in [4.78, 5) is 13.2. The number of aromatic nitrogens is 2. The Kier molecular flexibility index (Phi) is 9.25. The number of benzene rings is 1. The molecule has 33 heavy (non-hydrogen) atoms. The number of anilines is 2. The van der Waals surface area contributed by atoms with Crippen molar-refractivity contribution in [2.75, 3.05) is 5.32 Å². The van der Waals surface area contributed by atoms with Crippen molar-refractivity contribution >= 4 is 34.0 Å². The molecule has 0 saturated heterocycles. The topological polar surface area (TPSA) is 37.8 Å². The largest absolute Gasteiger partial charge is 0.316 e. The highest BCUT2D eigenvalue weighted by molar-refractivity contribution is 7.99. The summed E-state index contributed by atoms with van der Waals surface area (Å²) in [6, 6.07) is 14.6. The van der Waals surface area contributed by atoms with E-state index in [0.29, 0.717) is 0 Å². The third-order valence-corrected chi connectivity index (χ3v) is 8.46. The summed E-state index contributed by atoms with van der Waals surface area (Å²) < 4.78 is 0. The quantitative estimate of drug-likeness (QED) is 0.383. The van der Waals surface area contributed by atoms with Gasteiger partial charge in [0.05, 0.1) is 5.69 Å². The molecule has 0 spiro atoms. The smallest absolute Gasteiger partial charge is 0.188 e. The Balaban J connectivity index is 0.000000243. The fraction of sp³-hybridized carbons (Fsp3) is 0.500. The third kappa shape index (κ3) is 7.58. The van der Waals surface area contributed by atoms with Gasteiger partial charge in [-0.05, 0) is 62.8 Å². The van der Waals surface area contributed by atoms with Crippen molar-refractivity contribution in [1.29, 1.82) is 0 Å². The molecular weight excluding hydrogens is 442 g/mol. The van der Waals surface area contributed by atoms with Crippen LogP contribution in [-0.4, -0.2) is 9.97 Å². The Labute approximate surface area is 207 Å². The van der Waals surface area contributed by atoms with E-state index >= 15 is 0 Å². The second-order valence-corrected chi connectivity index (χ2v) is 11.5. The van der Waals surface area contributed by atoms with Crippen LogP contribution in [-0.2, 0) is 12.8 Å². The third-order valence-electron chi connectivity index (χ3n) is 6.41. The van der Waals surface area contributed by atoms with Crippen LogP contribution in [0.1, 0.15) is 81.0 Å². The van der Waals surface area contributed by atoms with Gasteiger partial charge in [-0.25, -0.2) is 9.97 Å². The maximum absolute atomic E-state index is 4.75. The van der Waals surface area contributed by atoms with Gasteiger partial charge in [0.25, 0.3) is 0 Å². The molecule has 0 radical (unpaired) electrons.